The van der Waals surface area contributed by atoms with Gasteiger partial charge >= 0.3 is 5.97 Å². The molecule has 1 aliphatic carbocycles. The van der Waals surface area contributed by atoms with Crippen molar-refractivity contribution in [2.75, 3.05) is 12.4 Å². The molecule has 1 aliphatic heterocycles. The van der Waals surface area contributed by atoms with Crippen LogP contribution in [0.5, 0.6) is 11.5 Å². The number of carbonyl (C=O) groups excluding carboxylic acids is 1. The topological polar surface area (TPSA) is 66.0 Å². The van der Waals surface area contributed by atoms with Gasteiger partial charge < -0.3 is 24.3 Å². The molecule has 2 atom stereocenters. The van der Waals surface area contributed by atoms with Crippen LogP contribution in [0.1, 0.15) is 68.7 Å². The maximum Gasteiger partial charge on any atom is 0.309 e. The van der Waals surface area contributed by atoms with Crippen molar-refractivity contribution in [1.82, 2.24) is 0 Å². The Morgan fingerprint density at radius 1 is 0.949 bits per heavy atom. The highest BCUT2D eigenvalue weighted by Crippen LogP contribution is 2.45. The molecule has 0 amide bonds. The number of methoxy groups -OCH3 is 1. The van der Waals surface area contributed by atoms with Crippen molar-refractivity contribution < 1.29 is 23.7 Å². The van der Waals surface area contributed by atoms with Crippen LogP contribution in [0.4, 0.5) is 5.69 Å². The van der Waals surface area contributed by atoms with Crippen LogP contribution in [0.25, 0.3) is 0 Å². The Bertz CT molecular complexity index is 1230. The van der Waals surface area contributed by atoms with Crippen LogP contribution in [0.15, 0.2) is 72.8 Å². The van der Waals surface area contributed by atoms with E-state index in [-0.39, 0.29) is 11.9 Å². The van der Waals surface area contributed by atoms with Crippen LogP contribution in [-0.4, -0.2) is 24.8 Å². The minimum Gasteiger partial charge on any atom is -0.497 e. The molecule has 1 fully saturated rings. The first-order valence-electron chi connectivity index (χ1n) is 14.0. The second-order valence-corrected chi connectivity index (χ2v) is 11.1. The number of fused-ring (bicyclic) bond motifs is 1. The predicted octanol–water partition coefficient (Wildman–Crippen LogP) is 7.23. The minimum absolute atomic E-state index is 0.0526. The summed E-state index contributed by atoms with van der Waals surface area (Å²) in [6.45, 7) is 5.01. The fraction of sp³-hybridized carbons (Fsp3) is 0.424. The average Bonchev–Trinajstić information content (AvgIpc) is 2.97. The van der Waals surface area contributed by atoms with Gasteiger partial charge in [-0.1, -0.05) is 61.7 Å². The fourth-order valence-electron chi connectivity index (χ4n) is 5.49. The highest BCUT2D eigenvalue weighted by Gasteiger charge is 2.48. The Balaban J connectivity index is 1.40. The van der Waals surface area contributed by atoms with Crippen molar-refractivity contribution in [1.29, 1.82) is 0 Å². The van der Waals surface area contributed by atoms with E-state index in [0.717, 1.165) is 59.6 Å². The SMILES string of the molecule is COc1ccc(CNc2ccc3c(c2)C(OCc2ccccc2)C(OC(=O)C2CCCCC2)C(C)(C)O3)cc1. The minimum atomic E-state index is -0.753. The maximum atomic E-state index is 13.3. The van der Waals surface area contributed by atoms with Crippen LogP contribution in [0.3, 0.4) is 0 Å². The summed E-state index contributed by atoms with van der Waals surface area (Å²) in [6.07, 6.45) is 4.05. The van der Waals surface area contributed by atoms with E-state index in [1.165, 1.54) is 6.42 Å². The van der Waals surface area contributed by atoms with Crippen molar-refractivity contribution in [3.05, 3.63) is 89.5 Å². The van der Waals surface area contributed by atoms with Gasteiger partial charge in [-0.3, -0.25) is 4.79 Å². The number of anilines is 1. The maximum absolute atomic E-state index is 13.3. The number of ether oxygens (including phenoxy) is 4. The molecule has 3 aromatic carbocycles. The molecule has 2 unspecified atom stereocenters. The van der Waals surface area contributed by atoms with Crippen molar-refractivity contribution in [3.8, 4) is 11.5 Å². The van der Waals surface area contributed by atoms with Gasteiger partial charge in [0.25, 0.3) is 0 Å². The lowest BCUT2D eigenvalue weighted by atomic mass is 9.86. The second-order valence-electron chi connectivity index (χ2n) is 11.1. The Morgan fingerprint density at radius 3 is 2.41 bits per heavy atom. The summed E-state index contributed by atoms with van der Waals surface area (Å²) in [6, 6.07) is 24.1. The average molecular weight is 530 g/mol. The molecule has 1 N–H and O–H groups in total. The van der Waals surface area contributed by atoms with Gasteiger partial charge in [0.05, 0.1) is 19.6 Å². The highest BCUT2D eigenvalue weighted by molar-refractivity contribution is 5.73. The van der Waals surface area contributed by atoms with E-state index in [2.05, 4.69) is 11.4 Å². The van der Waals surface area contributed by atoms with E-state index in [4.69, 9.17) is 18.9 Å². The van der Waals surface area contributed by atoms with Gasteiger partial charge in [0.1, 0.15) is 23.2 Å². The van der Waals surface area contributed by atoms with Gasteiger partial charge in [0, 0.05) is 17.8 Å². The molecule has 5 rings (SSSR count). The lowest BCUT2D eigenvalue weighted by Crippen LogP contribution is -2.52. The normalized spacial score (nSPS) is 20.4. The largest absolute Gasteiger partial charge is 0.497 e. The molecule has 6 nitrogen and oxygen atoms in total. The number of benzene rings is 3. The van der Waals surface area contributed by atoms with Crippen LogP contribution in [0.2, 0.25) is 0 Å². The van der Waals surface area contributed by atoms with Gasteiger partial charge in [0.15, 0.2) is 6.10 Å². The molecule has 0 saturated heterocycles. The first-order valence-corrected chi connectivity index (χ1v) is 14.0. The zero-order valence-corrected chi connectivity index (χ0v) is 23.2. The second kappa shape index (κ2) is 12.1. The molecule has 6 heteroatoms. The molecule has 206 valence electrons. The molecule has 1 saturated carbocycles. The van der Waals surface area contributed by atoms with Crippen LogP contribution >= 0.6 is 0 Å². The molecule has 0 spiro atoms. The number of hydrogen-bond donors (Lipinski definition) is 1. The molecule has 1 heterocycles. The summed E-state index contributed by atoms with van der Waals surface area (Å²) in [5, 5.41) is 3.51. The van der Waals surface area contributed by atoms with E-state index >= 15 is 0 Å². The molecule has 0 radical (unpaired) electrons. The zero-order chi connectivity index (χ0) is 27.2. The van der Waals surface area contributed by atoms with E-state index in [9.17, 15) is 4.79 Å². The Kier molecular flexibility index (Phi) is 8.41. The molecular formula is C33H39NO5. The quantitative estimate of drug-likeness (QED) is 0.295. The summed E-state index contributed by atoms with van der Waals surface area (Å²) < 4.78 is 24.6. The van der Waals surface area contributed by atoms with Gasteiger partial charge in [-0.05, 0) is 68.1 Å². The first-order chi connectivity index (χ1) is 18.9. The summed E-state index contributed by atoms with van der Waals surface area (Å²) >= 11 is 0. The van der Waals surface area contributed by atoms with Gasteiger partial charge in [0.2, 0.25) is 0 Å². The first kappa shape index (κ1) is 27.1. The van der Waals surface area contributed by atoms with Crippen molar-refractivity contribution >= 4 is 11.7 Å². The van der Waals surface area contributed by atoms with Crippen molar-refractivity contribution in [3.63, 3.8) is 0 Å². The molecule has 0 aromatic heterocycles. The smallest absolute Gasteiger partial charge is 0.309 e. The summed E-state index contributed by atoms with van der Waals surface area (Å²) in [5.74, 6) is 1.39. The zero-order valence-electron chi connectivity index (χ0n) is 23.2. The Hall–Kier alpha value is -3.51. The van der Waals surface area contributed by atoms with Gasteiger partial charge in [-0.15, -0.1) is 0 Å². The number of esters is 1. The molecule has 2 aliphatic rings. The van der Waals surface area contributed by atoms with Crippen molar-refractivity contribution in [2.24, 2.45) is 5.92 Å². The van der Waals surface area contributed by atoms with E-state index in [0.29, 0.717) is 13.2 Å². The molecule has 3 aromatic rings. The molecular weight excluding hydrogens is 490 g/mol. The van der Waals surface area contributed by atoms with E-state index in [1.54, 1.807) is 7.11 Å². The lowest BCUT2D eigenvalue weighted by Gasteiger charge is -2.44. The summed E-state index contributed by atoms with van der Waals surface area (Å²) in [5.41, 5.74) is 3.28. The third-order valence-electron chi connectivity index (χ3n) is 7.76. The number of hydrogen-bond acceptors (Lipinski definition) is 6. The van der Waals surface area contributed by atoms with Gasteiger partial charge in [-0.25, -0.2) is 0 Å². The van der Waals surface area contributed by atoms with Crippen molar-refractivity contribution in [2.45, 2.75) is 76.9 Å². The monoisotopic (exact) mass is 529 g/mol. The number of nitrogens with one attached hydrogen (secondary N) is 1. The molecule has 0 bridgehead atoms. The Labute approximate surface area is 231 Å². The lowest BCUT2D eigenvalue weighted by molar-refractivity contribution is -0.190. The van der Waals surface area contributed by atoms with Gasteiger partial charge in [-0.2, -0.15) is 0 Å². The number of rotatable bonds is 9. The standard InChI is InChI=1S/C33H39NO5/c1-33(2)31(38-32(35)25-12-8-5-9-13-25)30(37-22-24-10-6-4-7-11-24)28-20-26(16-19-29(28)39-33)34-21-23-14-17-27(36-3)18-15-23/h4,6-7,10-11,14-20,25,30-31,34H,5,8-9,12-13,21-22H2,1-3H3. The number of carbonyl (C=O) groups is 1. The fourth-order valence-corrected chi connectivity index (χ4v) is 5.49. The molecule has 39 heavy (non-hydrogen) atoms. The van der Waals surface area contributed by atoms with Crippen LogP contribution < -0.4 is 14.8 Å². The summed E-state index contributed by atoms with van der Waals surface area (Å²) in [4.78, 5) is 13.3. The van der Waals surface area contributed by atoms with E-state index in [1.807, 2.05) is 80.6 Å². The van der Waals surface area contributed by atoms with E-state index < -0.39 is 17.8 Å². The van der Waals surface area contributed by atoms with Crippen LogP contribution in [-0.2, 0) is 27.4 Å². The summed E-state index contributed by atoms with van der Waals surface area (Å²) in [7, 11) is 1.67. The Morgan fingerprint density at radius 2 is 1.69 bits per heavy atom. The predicted molar refractivity (Wildman–Crippen MR) is 152 cm³/mol. The third kappa shape index (κ3) is 6.56. The highest BCUT2D eigenvalue weighted by atomic mass is 16.6. The van der Waals surface area contributed by atoms with Crippen LogP contribution in [0, 0.1) is 5.92 Å². The third-order valence-corrected chi connectivity index (χ3v) is 7.76.